The van der Waals surface area contributed by atoms with Crippen molar-refractivity contribution in [3.63, 3.8) is 0 Å². The van der Waals surface area contributed by atoms with Gasteiger partial charge < -0.3 is 4.90 Å². The molecule has 3 heterocycles. The van der Waals surface area contributed by atoms with E-state index in [0.717, 1.165) is 26.2 Å². The Morgan fingerprint density at radius 3 is 2.68 bits per heavy atom. The highest BCUT2D eigenvalue weighted by atomic mass is 79.9. The first kappa shape index (κ1) is 26.2. The molecule has 0 saturated carbocycles. The van der Waals surface area contributed by atoms with Gasteiger partial charge in [0, 0.05) is 67.3 Å². The van der Waals surface area contributed by atoms with Crippen molar-refractivity contribution in [3.8, 4) is 0 Å². The molecule has 0 unspecified atom stereocenters. The number of non-ortho nitro benzene ring substituents is 1. The van der Waals surface area contributed by atoms with Crippen molar-refractivity contribution in [2.24, 2.45) is 5.10 Å². The van der Waals surface area contributed by atoms with Crippen LogP contribution in [0.5, 0.6) is 0 Å². The Balaban J connectivity index is 1.69. The number of hydrogen-bond acceptors (Lipinski definition) is 8. The van der Waals surface area contributed by atoms with Crippen LogP contribution < -0.4 is 4.90 Å². The maximum atomic E-state index is 13.7. The Morgan fingerprint density at radius 2 is 1.97 bits per heavy atom. The van der Waals surface area contributed by atoms with Gasteiger partial charge in [-0.05, 0) is 37.3 Å². The fourth-order valence-corrected chi connectivity index (χ4v) is 5.39. The molecule has 3 aromatic heterocycles. The summed E-state index contributed by atoms with van der Waals surface area (Å²) in [5, 5.41) is 20.1. The molecule has 0 fully saturated rings. The molecule has 0 aliphatic heterocycles. The Morgan fingerprint density at radius 1 is 1.19 bits per heavy atom. The van der Waals surface area contributed by atoms with Crippen LogP contribution in [0, 0.1) is 10.1 Å². The van der Waals surface area contributed by atoms with Crippen molar-refractivity contribution in [2.45, 2.75) is 18.2 Å². The Bertz CT molecular complexity index is 1590. The predicted molar refractivity (Wildman–Crippen MR) is 144 cm³/mol. The minimum Gasteiger partial charge on any atom is -0.373 e. The van der Waals surface area contributed by atoms with Gasteiger partial charge >= 0.3 is 0 Å². The number of nitrogens with zero attached hydrogens (tertiary/aromatic N) is 7. The van der Waals surface area contributed by atoms with Crippen LogP contribution in [0.2, 0.25) is 0 Å². The number of benzene rings is 1. The van der Waals surface area contributed by atoms with Crippen molar-refractivity contribution in [1.29, 1.82) is 0 Å². The molecular formula is C24H24BrN7O4S. The molecule has 37 heavy (non-hydrogen) atoms. The second kappa shape index (κ2) is 10.6. The zero-order valence-electron chi connectivity index (χ0n) is 20.3. The van der Waals surface area contributed by atoms with Crippen LogP contribution in [0.3, 0.4) is 0 Å². The number of halogens is 1. The van der Waals surface area contributed by atoms with Crippen LogP contribution in [0.25, 0.3) is 5.52 Å². The van der Waals surface area contributed by atoms with Gasteiger partial charge in [-0.3, -0.25) is 15.1 Å². The molecule has 192 valence electrons. The third-order valence-corrected chi connectivity index (χ3v) is 7.94. The molecular weight excluding hydrogens is 562 g/mol. The van der Waals surface area contributed by atoms with Gasteiger partial charge in [0.15, 0.2) is 0 Å². The van der Waals surface area contributed by atoms with E-state index in [2.05, 4.69) is 31.1 Å². The first-order valence-corrected chi connectivity index (χ1v) is 13.4. The maximum absolute atomic E-state index is 13.7. The monoisotopic (exact) mass is 585 g/mol. The summed E-state index contributed by atoms with van der Waals surface area (Å²) in [5.41, 5.74) is 2.64. The van der Waals surface area contributed by atoms with E-state index in [-0.39, 0.29) is 10.6 Å². The lowest BCUT2D eigenvalue weighted by molar-refractivity contribution is -0.385. The summed E-state index contributed by atoms with van der Waals surface area (Å²) in [4.78, 5) is 16.7. The third-order valence-electron chi connectivity index (χ3n) is 5.78. The number of hydrazone groups is 1. The molecule has 13 heteroatoms. The lowest BCUT2D eigenvalue weighted by atomic mass is 10.2. The molecule has 0 bridgehead atoms. The first-order valence-electron chi connectivity index (χ1n) is 11.1. The molecule has 1 aromatic carbocycles. The van der Waals surface area contributed by atoms with E-state index in [1.54, 1.807) is 42.0 Å². The van der Waals surface area contributed by atoms with Crippen molar-refractivity contribution in [1.82, 2.24) is 19.0 Å². The largest absolute Gasteiger partial charge is 0.373 e. The smallest absolute Gasteiger partial charge is 0.281 e. The maximum Gasteiger partial charge on any atom is 0.281 e. The second-order valence-corrected chi connectivity index (χ2v) is 11.1. The lowest BCUT2D eigenvalue weighted by Gasteiger charge is -2.24. The highest BCUT2D eigenvalue weighted by Gasteiger charge is 2.28. The number of nitro benzene ring substituents is 1. The fourth-order valence-electron chi connectivity index (χ4n) is 3.78. The summed E-state index contributed by atoms with van der Waals surface area (Å²) >= 11 is 3.43. The molecule has 0 radical (unpaired) electrons. The van der Waals surface area contributed by atoms with Crippen LogP contribution in [0.4, 0.5) is 11.4 Å². The van der Waals surface area contributed by atoms with Gasteiger partial charge in [-0.15, -0.1) is 0 Å². The minimum atomic E-state index is -4.25. The van der Waals surface area contributed by atoms with Gasteiger partial charge in [-0.2, -0.15) is 23.0 Å². The highest BCUT2D eigenvalue weighted by Crippen LogP contribution is 2.31. The van der Waals surface area contributed by atoms with Crippen LogP contribution in [0.1, 0.15) is 18.2 Å². The molecule has 0 atom stereocenters. The summed E-state index contributed by atoms with van der Waals surface area (Å²) in [6.07, 6.45) is 5.62. The van der Waals surface area contributed by atoms with Crippen molar-refractivity contribution in [2.75, 3.05) is 25.5 Å². The number of pyridine rings is 2. The Kier molecular flexibility index (Phi) is 7.55. The zero-order chi connectivity index (χ0) is 26.7. The number of nitro groups is 1. The zero-order valence-corrected chi connectivity index (χ0v) is 22.7. The van der Waals surface area contributed by atoms with Crippen molar-refractivity contribution < 1.29 is 13.3 Å². The van der Waals surface area contributed by atoms with E-state index < -0.39 is 14.9 Å². The van der Waals surface area contributed by atoms with Crippen molar-refractivity contribution in [3.05, 3.63) is 93.0 Å². The van der Waals surface area contributed by atoms with Gasteiger partial charge in [-0.1, -0.05) is 22.0 Å². The average molecular weight is 586 g/mol. The highest BCUT2D eigenvalue weighted by molar-refractivity contribution is 9.10. The average Bonchev–Trinajstić information content (AvgIpc) is 3.30. The molecule has 0 aliphatic rings. The first-order chi connectivity index (χ1) is 17.6. The van der Waals surface area contributed by atoms with Crippen molar-refractivity contribution >= 4 is 48.6 Å². The van der Waals surface area contributed by atoms with E-state index in [9.17, 15) is 18.5 Å². The van der Waals surface area contributed by atoms with Gasteiger partial charge in [0.25, 0.3) is 15.7 Å². The minimum absolute atomic E-state index is 0.216. The molecule has 4 rings (SSSR count). The molecule has 0 aliphatic carbocycles. The van der Waals surface area contributed by atoms with Gasteiger partial charge in [0.2, 0.25) is 0 Å². The number of anilines is 1. The number of aromatic nitrogens is 3. The number of fused-ring (bicyclic) bond motifs is 1. The van der Waals surface area contributed by atoms with Crippen LogP contribution >= 0.6 is 15.9 Å². The van der Waals surface area contributed by atoms with E-state index in [4.69, 9.17) is 0 Å². The van der Waals surface area contributed by atoms with E-state index in [0.29, 0.717) is 29.9 Å². The second-order valence-electron chi connectivity index (χ2n) is 8.26. The summed E-state index contributed by atoms with van der Waals surface area (Å²) in [5.74, 6) is 0. The van der Waals surface area contributed by atoms with Gasteiger partial charge in [0.05, 0.1) is 28.0 Å². The Labute approximate surface area is 222 Å². The van der Waals surface area contributed by atoms with E-state index >= 15 is 0 Å². The van der Waals surface area contributed by atoms with E-state index in [1.165, 1.54) is 19.2 Å². The topological polar surface area (TPSA) is 126 Å². The van der Waals surface area contributed by atoms with Crippen LogP contribution in [0.15, 0.2) is 81.6 Å². The van der Waals surface area contributed by atoms with Crippen LogP contribution in [-0.4, -0.2) is 58.7 Å². The summed E-state index contributed by atoms with van der Waals surface area (Å²) in [6, 6.07) is 13.1. The number of sulfonamides is 1. The van der Waals surface area contributed by atoms with Gasteiger partial charge in [-0.25, -0.2) is 4.52 Å². The third kappa shape index (κ3) is 5.62. The number of hydrogen-bond donors (Lipinski definition) is 0. The summed E-state index contributed by atoms with van der Waals surface area (Å²) < 4.78 is 30.6. The van der Waals surface area contributed by atoms with Gasteiger partial charge in [0.1, 0.15) is 4.90 Å². The predicted octanol–water partition coefficient (Wildman–Crippen LogP) is 4.12. The molecule has 0 N–H and O–H groups in total. The molecule has 0 amide bonds. The normalized spacial score (nSPS) is 12.1. The molecule has 0 spiro atoms. The lowest BCUT2D eigenvalue weighted by Crippen LogP contribution is -2.28. The summed E-state index contributed by atoms with van der Waals surface area (Å²) in [6.45, 7) is 2.12. The van der Waals surface area contributed by atoms with Crippen LogP contribution in [-0.2, 0) is 16.4 Å². The SMILES string of the molecule is C/C(=N/N(C)S(=O)(=O)c1cc([N+](=O)[O-])ccc1N(C)CCc1ccccn1)c1cnn2ccc(Br)cc12. The Hall–Kier alpha value is -3.84. The molecule has 11 nitrogen and oxygen atoms in total. The quantitative estimate of drug-likeness (QED) is 0.164. The molecule has 4 aromatic rings. The number of likely N-dealkylation sites (N-methyl/N-ethyl adjacent to an activating group) is 1. The van der Waals surface area contributed by atoms with E-state index in [1.807, 2.05) is 30.3 Å². The fraction of sp³-hybridized carbons (Fsp3) is 0.208. The standard InChI is InChI=1S/C24H24BrN7O4S/c1-17(21-16-27-31-13-9-18(25)14-23(21)31)28-30(3)37(35,36)24-15-20(32(33)34)7-8-22(24)29(2)12-10-19-6-4-5-11-26-19/h4-9,11,13-16H,10,12H2,1-3H3/b28-17-. The molecule has 0 saturated heterocycles. The summed E-state index contributed by atoms with van der Waals surface area (Å²) in [7, 11) is -1.22. The number of rotatable bonds is 9.